The maximum Gasteiger partial charge on any atom is 0.312 e. The predicted molar refractivity (Wildman–Crippen MR) is 96.3 cm³/mol. The third-order valence-electron chi connectivity index (χ3n) is 3.25. The van der Waals surface area contributed by atoms with E-state index in [1.54, 1.807) is 31.2 Å². The van der Waals surface area contributed by atoms with E-state index >= 15 is 0 Å². The smallest absolute Gasteiger partial charge is 0.312 e. The van der Waals surface area contributed by atoms with Gasteiger partial charge in [0.05, 0.1) is 16.4 Å². The fourth-order valence-corrected chi connectivity index (χ4v) is 3.51. The van der Waals surface area contributed by atoms with Crippen molar-refractivity contribution in [3.05, 3.63) is 57.6 Å². The molecule has 0 aliphatic carbocycles. The largest absolute Gasteiger partial charge is 0.450 e. The molecule has 0 unspecified atom stereocenters. The average molecular weight is 401 g/mol. The Balaban J connectivity index is 2.33. The van der Waals surface area contributed by atoms with E-state index in [0.717, 1.165) is 6.07 Å². The summed E-state index contributed by atoms with van der Waals surface area (Å²) in [6, 6.07) is 9.17. The summed E-state index contributed by atoms with van der Waals surface area (Å²) in [7, 11) is -2.50. The minimum absolute atomic E-state index is 0.0822. The van der Waals surface area contributed by atoms with Crippen LogP contribution in [0.5, 0.6) is 11.5 Å². The van der Waals surface area contributed by atoms with Crippen molar-refractivity contribution in [2.45, 2.75) is 17.9 Å². The van der Waals surface area contributed by atoms with Gasteiger partial charge in [-0.25, -0.2) is 13.1 Å². The number of sulfonamides is 1. The molecule has 2 rings (SSSR count). The Bertz CT molecular complexity index is 886. The minimum Gasteiger partial charge on any atom is -0.450 e. The maximum absolute atomic E-state index is 12.4. The Morgan fingerprint density at radius 2 is 1.88 bits per heavy atom. The lowest BCUT2D eigenvalue weighted by Gasteiger charge is -2.14. The highest BCUT2D eigenvalue weighted by Crippen LogP contribution is 2.33. The van der Waals surface area contributed by atoms with Crippen LogP contribution in [0.15, 0.2) is 47.4 Å². The first kappa shape index (κ1) is 20.1. The highest BCUT2D eigenvalue weighted by atomic mass is 35.5. The number of rotatable bonds is 8. The number of nitro groups is 1. The van der Waals surface area contributed by atoms with Gasteiger partial charge in [-0.05, 0) is 43.3 Å². The quantitative estimate of drug-likeness (QED) is 0.537. The van der Waals surface area contributed by atoms with Crippen molar-refractivity contribution in [1.82, 2.24) is 4.72 Å². The molecular weight excluding hydrogens is 384 g/mol. The summed E-state index contributed by atoms with van der Waals surface area (Å²) in [4.78, 5) is 10.4. The van der Waals surface area contributed by atoms with Gasteiger partial charge in [0, 0.05) is 24.2 Å². The molecule has 1 N–H and O–H groups in total. The molecule has 0 amide bonds. The zero-order valence-electron chi connectivity index (χ0n) is 14.0. The monoisotopic (exact) mass is 400 g/mol. The molecule has 26 heavy (non-hydrogen) atoms. The number of ether oxygens (including phenoxy) is 2. The Morgan fingerprint density at radius 3 is 2.46 bits per heavy atom. The Morgan fingerprint density at radius 1 is 1.23 bits per heavy atom. The summed E-state index contributed by atoms with van der Waals surface area (Å²) >= 11 is 5.78. The van der Waals surface area contributed by atoms with Crippen LogP contribution in [0, 0.1) is 10.1 Å². The van der Waals surface area contributed by atoms with E-state index in [2.05, 4.69) is 4.72 Å². The topological polar surface area (TPSA) is 108 Å². The normalized spacial score (nSPS) is 12.6. The number of halogens is 1. The van der Waals surface area contributed by atoms with Crippen molar-refractivity contribution in [2.24, 2.45) is 0 Å². The van der Waals surface area contributed by atoms with Crippen molar-refractivity contribution in [3.8, 4) is 11.5 Å². The van der Waals surface area contributed by atoms with Crippen LogP contribution >= 0.6 is 11.6 Å². The van der Waals surface area contributed by atoms with Crippen LogP contribution in [0.4, 0.5) is 5.69 Å². The van der Waals surface area contributed by atoms with Gasteiger partial charge in [-0.1, -0.05) is 11.6 Å². The van der Waals surface area contributed by atoms with Gasteiger partial charge in [0.1, 0.15) is 5.75 Å². The lowest BCUT2D eigenvalue weighted by atomic mass is 10.3. The van der Waals surface area contributed by atoms with Crippen LogP contribution in [0.3, 0.4) is 0 Å². The Hall–Kier alpha value is -2.20. The van der Waals surface area contributed by atoms with Crippen LogP contribution < -0.4 is 9.46 Å². The van der Waals surface area contributed by atoms with Crippen LogP contribution in [-0.4, -0.2) is 33.1 Å². The first-order valence-corrected chi connectivity index (χ1v) is 9.32. The van der Waals surface area contributed by atoms with Gasteiger partial charge in [0.25, 0.3) is 0 Å². The SMILES string of the molecule is COC[C@H](C)NS(=O)(=O)c1ccc(Oc2ccc(Cl)cc2)c([N+](=O)[O-])c1. The minimum atomic E-state index is -3.94. The molecule has 8 nitrogen and oxygen atoms in total. The molecule has 0 aliphatic heterocycles. The molecule has 2 aromatic rings. The number of benzene rings is 2. The van der Waals surface area contributed by atoms with E-state index in [1.165, 1.54) is 19.2 Å². The van der Waals surface area contributed by atoms with Crippen molar-refractivity contribution >= 4 is 27.3 Å². The number of nitro benzene ring substituents is 1. The van der Waals surface area contributed by atoms with E-state index in [1.807, 2.05) is 0 Å². The fraction of sp³-hybridized carbons (Fsp3) is 0.250. The van der Waals surface area contributed by atoms with E-state index in [4.69, 9.17) is 21.1 Å². The second-order valence-corrected chi connectivity index (χ2v) is 7.57. The van der Waals surface area contributed by atoms with Crippen LogP contribution in [0.25, 0.3) is 0 Å². The molecule has 0 fully saturated rings. The van der Waals surface area contributed by atoms with Gasteiger partial charge in [0.2, 0.25) is 15.8 Å². The van der Waals surface area contributed by atoms with Crippen molar-refractivity contribution in [2.75, 3.05) is 13.7 Å². The Kier molecular flexibility index (Phi) is 6.54. The predicted octanol–water partition coefficient (Wildman–Crippen LogP) is 3.35. The average Bonchev–Trinajstić information content (AvgIpc) is 2.56. The zero-order valence-corrected chi connectivity index (χ0v) is 15.6. The summed E-state index contributed by atoms with van der Waals surface area (Å²) in [5.74, 6) is 0.251. The number of hydrogen-bond acceptors (Lipinski definition) is 6. The maximum atomic E-state index is 12.4. The van der Waals surface area contributed by atoms with Crippen molar-refractivity contribution in [1.29, 1.82) is 0 Å². The highest BCUT2D eigenvalue weighted by Gasteiger charge is 2.24. The summed E-state index contributed by atoms with van der Waals surface area (Å²) in [5, 5.41) is 11.8. The number of hydrogen-bond donors (Lipinski definition) is 1. The first-order valence-electron chi connectivity index (χ1n) is 7.46. The zero-order chi connectivity index (χ0) is 19.3. The molecule has 0 saturated carbocycles. The number of methoxy groups -OCH3 is 1. The second-order valence-electron chi connectivity index (χ2n) is 5.42. The fourth-order valence-electron chi connectivity index (χ4n) is 2.14. The molecule has 0 aliphatic rings. The molecule has 0 saturated heterocycles. The summed E-state index contributed by atoms with van der Waals surface area (Å²) in [6.45, 7) is 1.78. The molecule has 0 spiro atoms. The molecule has 1 atom stereocenters. The lowest BCUT2D eigenvalue weighted by Crippen LogP contribution is -2.35. The molecule has 0 heterocycles. The number of nitrogens with one attached hydrogen (secondary N) is 1. The summed E-state index contributed by atoms with van der Waals surface area (Å²) < 4.78 is 37.4. The lowest BCUT2D eigenvalue weighted by molar-refractivity contribution is -0.385. The molecule has 0 radical (unpaired) electrons. The van der Waals surface area contributed by atoms with Gasteiger partial charge < -0.3 is 9.47 Å². The molecule has 2 aromatic carbocycles. The van der Waals surface area contributed by atoms with Crippen molar-refractivity contribution in [3.63, 3.8) is 0 Å². The highest BCUT2D eigenvalue weighted by molar-refractivity contribution is 7.89. The third-order valence-corrected chi connectivity index (χ3v) is 5.09. The molecular formula is C16H17ClN2O6S. The van der Waals surface area contributed by atoms with Gasteiger partial charge >= 0.3 is 5.69 Å². The molecule has 0 aromatic heterocycles. The van der Waals surface area contributed by atoms with Crippen molar-refractivity contribution < 1.29 is 22.8 Å². The van der Waals surface area contributed by atoms with E-state index in [0.29, 0.717) is 10.8 Å². The van der Waals surface area contributed by atoms with Crippen LogP contribution in [-0.2, 0) is 14.8 Å². The van der Waals surface area contributed by atoms with E-state index in [9.17, 15) is 18.5 Å². The summed E-state index contributed by atoms with van der Waals surface area (Å²) in [6.07, 6.45) is 0. The van der Waals surface area contributed by atoms with E-state index in [-0.39, 0.29) is 17.3 Å². The standard InChI is InChI=1S/C16H17ClN2O6S/c1-11(10-24-2)18-26(22,23)14-7-8-16(15(9-14)19(20)21)25-13-5-3-12(17)4-6-13/h3-9,11,18H,10H2,1-2H3/t11-/m0/s1. The van der Waals surface area contributed by atoms with Gasteiger partial charge in [-0.2, -0.15) is 0 Å². The Labute approximate surface area is 155 Å². The van der Waals surface area contributed by atoms with Gasteiger partial charge in [-0.15, -0.1) is 0 Å². The number of nitrogens with zero attached hydrogens (tertiary/aromatic N) is 1. The van der Waals surface area contributed by atoms with Gasteiger partial charge in [-0.3, -0.25) is 10.1 Å². The third kappa shape index (κ3) is 5.15. The first-order chi connectivity index (χ1) is 12.2. The van der Waals surface area contributed by atoms with Gasteiger partial charge in [0.15, 0.2) is 0 Å². The molecule has 10 heteroatoms. The second kappa shape index (κ2) is 8.45. The van der Waals surface area contributed by atoms with E-state index < -0.39 is 26.7 Å². The summed E-state index contributed by atoms with van der Waals surface area (Å²) in [5.41, 5.74) is -0.470. The molecule has 0 bridgehead atoms. The van der Waals surface area contributed by atoms with Crippen LogP contribution in [0.1, 0.15) is 6.92 Å². The van der Waals surface area contributed by atoms with Crippen LogP contribution in [0.2, 0.25) is 5.02 Å². The molecule has 140 valence electrons.